The van der Waals surface area contributed by atoms with Gasteiger partial charge in [0.2, 0.25) is 5.91 Å². The molecule has 3 heterocycles. The zero-order chi connectivity index (χ0) is 13.7. The highest BCUT2D eigenvalue weighted by Gasteiger charge is 2.53. The average Bonchev–Trinajstić information content (AvgIpc) is 3.00. The van der Waals surface area contributed by atoms with Crippen LogP contribution in [0.15, 0.2) is 0 Å². The highest BCUT2D eigenvalue weighted by Crippen LogP contribution is 2.31. The van der Waals surface area contributed by atoms with Crippen LogP contribution in [0.1, 0.15) is 33.1 Å². The van der Waals surface area contributed by atoms with E-state index in [1.165, 1.54) is 4.90 Å². The molecule has 2 atom stereocenters. The molecule has 0 aliphatic carbocycles. The number of nitrogens with zero attached hydrogens (tertiary/aromatic N) is 3. The topological polar surface area (TPSA) is 60.9 Å². The maximum Gasteiger partial charge on any atom is 0.328 e. The molecule has 6 nitrogen and oxygen atoms in total. The fraction of sp³-hybridized carbons (Fsp3) is 0.769. The number of imide groups is 1. The second kappa shape index (κ2) is 4.21. The van der Waals surface area contributed by atoms with Crippen molar-refractivity contribution >= 4 is 17.8 Å². The Labute approximate surface area is 112 Å². The van der Waals surface area contributed by atoms with Crippen molar-refractivity contribution in [1.29, 1.82) is 0 Å². The van der Waals surface area contributed by atoms with Crippen molar-refractivity contribution in [2.24, 2.45) is 0 Å². The Balaban J connectivity index is 1.82. The number of rotatable bonds is 2. The summed E-state index contributed by atoms with van der Waals surface area (Å²) in [6, 6.07) is -1.04. The SMILES string of the molecule is CC(C)N1CCC(N2C(=O)[C@@H]3CCCN3C2=O)C1=O. The van der Waals surface area contributed by atoms with Crippen LogP contribution in [0.4, 0.5) is 4.79 Å². The van der Waals surface area contributed by atoms with Crippen LogP contribution in [0.25, 0.3) is 0 Å². The van der Waals surface area contributed by atoms with Gasteiger partial charge in [-0.3, -0.25) is 9.59 Å². The molecule has 104 valence electrons. The number of carbonyl (C=O) groups is 3. The molecule has 6 heteroatoms. The lowest BCUT2D eigenvalue weighted by atomic mass is 10.1. The minimum absolute atomic E-state index is 0.0853. The minimum atomic E-state index is -0.576. The molecule has 0 radical (unpaired) electrons. The molecule has 4 amide bonds. The van der Waals surface area contributed by atoms with Gasteiger partial charge in [0.15, 0.2) is 0 Å². The second-order valence-electron chi connectivity index (χ2n) is 5.77. The first-order chi connectivity index (χ1) is 9.02. The minimum Gasteiger partial charge on any atom is -0.338 e. The summed E-state index contributed by atoms with van der Waals surface area (Å²) in [7, 11) is 0. The molecule has 0 saturated carbocycles. The van der Waals surface area contributed by atoms with E-state index in [1.54, 1.807) is 9.80 Å². The van der Waals surface area contributed by atoms with E-state index in [1.807, 2.05) is 13.8 Å². The van der Waals surface area contributed by atoms with Crippen LogP contribution in [0.5, 0.6) is 0 Å². The third kappa shape index (κ3) is 1.65. The lowest BCUT2D eigenvalue weighted by molar-refractivity contribution is -0.139. The summed E-state index contributed by atoms with van der Waals surface area (Å²) in [5, 5.41) is 0. The molecule has 0 aromatic heterocycles. The van der Waals surface area contributed by atoms with E-state index in [0.29, 0.717) is 19.5 Å². The van der Waals surface area contributed by atoms with Crippen LogP contribution in [-0.4, -0.2) is 63.8 Å². The fourth-order valence-electron chi connectivity index (χ4n) is 3.37. The van der Waals surface area contributed by atoms with Crippen molar-refractivity contribution in [2.75, 3.05) is 13.1 Å². The van der Waals surface area contributed by atoms with Gasteiger partial charge in [-0.25, -0.2) is 9.69 Å². The van der Waals surface area contributed by atoms with E-state index in [0.717, 1.165) is 12.8 Å². The van der Waals surface area contributed by atoms with E-state index in [4.69, 9.17) is 0 Å². The van der Waals surface area contributed by atoms with Gasteiger partial charge in [-0.2, -0.15) is 0 Å². The molecule has 0 N–H and O–H groups in total. The molecule has 0 spiro atoms. The number of amides is 4. The van der Waals surface area contributed by atoms with Crippen LogP contribution < -0.4 is 0 Å². The quantitative estimate of drug-likeness (QED) is 0.680. The smallest absolute Gasteiger partial charge is 0.328 e. The summed E-state index contributed by atoms with van der Waals surface area (Å²) in [5.41, 5.74) is 0. The van der Waals surface area contributed by atoms with E-state index in [9.17, 15) is 14.4 Å². The lowest BCUT2D eigenvalue weighted by Gasteiger charge is -2.24. The van der Waals surface area contributed by atoms with E-state index in [-0.39, 0.29) is 29.9 Å². The Morgan fingerprint density at radius 1 is 1.00 bits per heavy atom. The summed E-state index contributed by atoms with van der Waals surface area (Å²) in [6.45, 7) is 5.17. The van der Waals surface area contributed by atoms with Crippen molar-refractivity contribution in [1.82, 2.24) is 14.7 Å². The molecule has 3 rings (SSSR count). The van der Waals surface area contributed by atoms with E-state index >= 15 is 0 Å². The Morgan fingerprint density at radius 3 is 2.32 bits per heavy atom. The largest absolute Gasteiger partial charge is 0.338 e. The zero-order valence-corrected chi connectivity index (χ0v) is 11.3. The molecule has 3 saturated heterocycles. The molecule has 1 unspecified atom stereocenters. The molecule has 3 fully saturated rings. The first-order valence-corrected chi connectivity index (χ1v) is 6.96. The summed E-state index contributed by atoms with van der Waals surface area (Å²) in [6.07, 6.45) is 2.18. The van der Waals surface area contributed by atoms with Gasteiger partial charge >= 0.3 is 6.03 Å². The standard InChI is InChI=1S/C13H19N3O3/c1-8(2)14-7-5-10(11(14)17)16-12(18)9-4-3-6-15(9)13(16)19/h8-10H,3-7H2,1-2H3/t9-,10?/m0/s1. The zero-order valence-electron chi connectivity index (χ0n) is 11.3. The molecular weight excluding hydrogens is 246 g/mol. The highest BCUT2D eigenvalue weighted by molar-refractivity contribution is 6.08. The summed E-state index contributed by atoms with van der Waals surface area (Å²) < 4.78 is 0. The predicted molar refractivity (Wildman–Crippen MR) is 67.2 cm³/mol. The number of urea groups is 1. The Bertz CT molecular complexity index is 426. The molecule has 3 aliphatic rings. The van der Waals surface area contributed by atoms with Crippen LogP contribution in [0, 0.1) is 0 Å². The summed E-state index contributed by atoms with van der Waals surface area (Å²) in [4.78, 5) is 41.5. The van der Waals surface area contributed by atoms with Crippen molar-refractivity contribution in [3.63, 3.8) is 0 Å². The van der Waals surface area contributed by atoms with Gasteiger partial charge in [0.05, 0.1) is 0 Å². The summed E-state index contributed by atoms with van der Waals surface area (Å²) in [5.74, 6) is -0.260. The van der Waals surface area contributed by atoms with Crippen molar-refractivity contribution in [3.05, 3.63) is 0 Å². The normalized spacial score (nSPS) is 31.1. The van der Waals surface area contributed by atoms with Gasteiger partial charge in [0.1, 0.15) is 12.1 Å². The Morgan fingerprint density at radius 2 is 1.74 bits per heavy atom. The lowest BCUT2D eigenvalue weighted by Crippen LogP contribution is -2.47. The number of carbonyl (C=O) groups excluding carboxylic acids is 3. The Hall–Kier alpha value is -1.59. The number of likely N-dealkylation sites (tertiary alicyclic amines) is 1. The monoisotopic (exact) mass is 265 g/mol. The Kier molecular flexibility index (Phi) is 2.76. The maximum atomic E-state index is 12.3. The van der Waals surface area contributed by atoms with Gasteiger partial charge in [-0.1, -0.05) is 0 Å². The van der Waals surface area contributed by atoms with Crippen LogP contribution in [0.2, 0.25) is 0 Å². The van der Waals surface area contributed by atoms with Gasteiger partial charge < -0.3 is 9.80 Å². The third-order valence-electron chi connectivity index (χ3n) is 4.37. The van der Waals surface area contributed by atoms with Gasteiger partial charge in [-0.15, -0.1) is 0 Å². The number of hydrogen-bond donors (Lipinski definition) is 0. The number of fused-ring (bicyclic) bond motifs is 1. The van der Waals surface area contributed by atoms with Gasteiger partial charge in [0.25, 0.3) is 5.91 Å². The summed E-state index contributed by atoms with van der Waals surface area (Å²) >= 11 is 0. The van der Waals surface area contributed by atoms with Gasteiger partial charge in [0, 0.05) is 19.1 Å². The average molecular weight is 265 g/mol. The second-order valence-corrected chi connectivity index (χ2v) is 5.77. The van der Waals surface area contributed by atoms with Crippen LogP contribution in [-0.2, 0) is 9.59 Å². The fourth-order valence-corrected chi connectivity index (χ4v) is 3.37. The maximum absolute atomic E-state index is 12.3. The van der Waals surface area contributed by atoms with Crippen LogP contribution in [0.3, 0.4) is 0 Å². The van der Waals surface area contributed by atoms with Crippen molar-refractivity contribution < 1.29 is 14.4 Å². The highest BCUT2D eigenvalue weighted by atomic mass is 16.2. The third-order valence-corrected chi connectivity index (χ3v) is 4.37. The first kappa shape index (κ1) is 12.4. The van der Waals surface area contributed by atoms with Crippen LogP contribution >= 0.6 is 0 Å². The van der Waals surface area contributed by atoms with E-state index < -0.39 is 6.04 Å². The molecule has 3 aliphatic heterocycles. The first-order valence-electron chi connectivity index (χ1n) is 6.96. The number of hydrogen-bond acceptors (Lipinski definition) is 3. The molecule has 19 heavy (non-hydrogen) atoms. The van der Waals surface area contributed by atoms with Crippen molar-refractivity contribution in [2.45, 2.75) is 51.2 Å². The molecule has 0 aromatic carbocycles. The van der Waals surface area contributed by atoms with Crippen molar-refractivity contribution in [3.8, 4) is 0 Å². The van der Waals surface area contributed by atoms with Gasteiger partial charge in [-0.05, 0) is 33.1 Å². The molecule has 0 aromatic rings. The molecule has 0 bridgehead atoms. The van der Waals surface area contributed by atoms with E-state index in [2.05, 4.69) is 0 Å². The predicted octanol–water partition coefficient (Wildman–Crippen LogP) is 0.422. The molecular formula is C13H19N3O3.